The number of carbonyl (C=O) groups is 1. The van der Waals surface area contributed by atoms with Crippen molar-refractivity contribution in [1.29, 1.82) is 0 Å². The fourth-order valence-electron chi connectivity index (χ4n) is 2.12. The third-order valence-corrected chi connectivity index (χ3v) is 3.65. The third kappa shape index (κ3) is 3.10. The first kappa shape index (κ1) is 14.8. The number of halogens is 1. The van der Waals surface area contributed by atoms with Crippen molar-refractivity contribution < 1.29 is 4.79 Å². The van der Waals surface area contributed by atoms with Crippen LogP contribution in [0.15, 0.2) is 35.1 Å². The minimum absolute atomic E-state index is 0.0437. The van der Waals surface area contributed by atoms with Crippen LogP contribution in [0.25, 0.3) is 0 Å². The summed E-state index contributed by atoms with van der Waals surface area (Å²) in [4.78, 5) is 14.1. The lowest BCUT2D eigenvalue weighted by Crippen LogP contribution is -2.26. The van der Waals surface area contributed by atoms with Crippen LogP contribution in [0.1, 0.15) is 29.3 Å². The van der Waals surface area contributed by atoms with Gasteiger partial charge in [-0.15, -0.1) is 0 Å². The average Bonchev–Trinajstić information content (AvgIpc) is 2.86. The second-order valence-electron chi connectivity index (χ2n) is 4.79. The Bertz CT molecular complexity index is 621. The first-order valence-corrected chi connectivity index (χ1v) is 7.39. The molecule has 4 nitrogen and oxygen atoms in total. The topological polar surface area (TPSA) is 38.1 Å². The fraction of sp³-hybridized carbons (Fsp3) is 0.333. The van der Waals surface area contributed by atoms with Crippen molar-refractivity contribution in [1.82, 2.24) is 9.78 Å². The molecule has 0 N–H and O–H groups in total. The summed E-state index contributed by atoms with van der Waals surface area (Å²) in [7, 11) is 1.79. The maximum absolute atomic E-state index is 12.5. The van der Waals surface area contributed by atoms with Crippen LogP contribution in [-0.2, 0) is 6.54 Å². The van der Waals surface area contributed by atoms with E-state index in [9.17, 15) is 4.79 Å². The molecule has 0 aliphatic heterocycles. The molecule has 106 valence electrons. The number of hydrogen-bond donors (Lipinski definition) is 0. The van der Waals surface area contributed by atoms with Gasteiger partial charge in [-0.05, 0) is 37.1 Å². The molecule has 5 heteroatoms. The van der Waals surface area contributed by atoms with Crippen molar-refractivity contribution in [3.05, 3.63) is 46.2 Å². The van der Waals surface area contributed by atoms with Gasteiger partial charge in [-0.1, -0.05) is 22.9 Å². The first-order valence-electron chi connectivity index (χ1n) is 6.59. The van der Waals surface area contributed by atoms with Gasteiger partial charge < -0.3 is 4.90 Å². The molecule has 1 amide bonds. The molecule has 0 saturated heterocycles. The summed E-state index contributed by atoms with van der Waals surface area (Å²) in [5, 5.41) is 4.20. The van der Waals surface area contributed by atoms with Gasteiger partial charge in [0.15, 0.2) is 0 Å². The molecule has 2 aromatic rings. The Hall–Kier alpha value is -1.62. The number of aromatic nitrogens is 2. The maximum atomic E-state index is 12.5. The second kappa shape index (κ2) is 6.22. The summed E-state index contributed by atoms with van der Waals surface area (Å²) < 4.78 is 2.81. The molecule has 1 aromatic heterocycles. The summed E-state index contributed by atoms with van der Waals surface area (Å²) in [6, 6.07) is 5.88. The highest BCUT2D eigenvalue weighted by Crippen LogP contribution is 2.24. The van der Waals surface area contributed by atoms with E-state index in [1.807, 2.05) is 25.1 Å². The van der Waals surface area contributed by atoms with E-state index in [1.54, 1.807) is 29.0 Å². The molecular formula is C15H18BrN3O. The molecule has 1 heterocycles. The van der Waals surface area contributed by atoms with Gasteiger partial charge in [0.1, 0.15) is 0 Å². The van der Waals surface area contributed by atoms with Gasteiger partial charge in [0.2, 0.25) is 0 Å². The quantitative estimate of drug-likeness (QED) is 0.855. The van der Waals surface area contributed by atoms with E-state index in [2.05, 4.69) is 28.0 Å². The lowest BCUT2D eigenvalue weighted by atomic mass is 10.1. The van der Waals surface area contributed by atoms with Gasteiger partial charge >= 0.3 is 0 Å². The van der Waals surface area contributed by atoms with E-state index in [-0.39, 0.29) is 5.91 Å². The molecule has 0 atom stereocenters. The minimum atomic E-state index is -0.0437. The zero-order chi connectivity index (χ0) is 14.7. The number of benzene rings is 1. The smallest absolute Gasteiger partial charge is 0.261 e. The van der Waals surface area contributed by atoms with E-state index >= 15 is 0 Å². The van der Waals surface area contributed by atoms with Crippen LogP contribution in [0.2, 0.25) is 0 Å². The predicted molar refractivity (Wildman–Crippen MR) is 84.1 cm³/mol. The molecular weight excluding hydrogens is 318 g/mol. The molecule has 0 fully saturated rings. The Kier molecular flexibility index (Phi) is 4.60. The number of hydrogen-bond acceptors (Lipinski definition) is 2. The molecule has 0 bridgehead atoms. The highest BCUT2D eigenvalue weighted by Gasteiger charge is 2.16. The van der Waals surface area contributed by atoms with Crippen LogP contribution in [0.5, 0.6) is 0 Å². The van der Waals surface area contributed by atoms with Crippen LogP contribution in [0.3, 0.4) is 0 Å². The largest absolute Gasteiger partial charge is 0.311 e. The second-order valence-corrected chi connectivity index (χ2v) is 5.70. The Balaban J connectivity index is 2.22. The van der Waals surface area contributed by atoms with Gasteiger partial charge in [0.05, 0.1) is 11.8 Å². The van der Waals surface area contributed by atoms with Crippen LogP contribution < -0.4 is 4.90 Å². The van der Waals surface area contributed by atoms with Crippen molar-refractivity contribution in [2.24, 2.45) is 0 Å². The van der Waals surface area contributed by atoms with Gasteiger partial charge in [-0.25, -0.2) is 0 Å². The fourth-order valence-corrected chi connectivity index (χ4v) is 2.60. The van der Waals surface area contributed by atoms with Crippen molar-refractivity contribution >= 4 is 27.5 Å². The summed E-state index contributed by atoms with van der Waals surface area (Å²) in [5.74, 6) is -0.0437. The predicted octanol–water partition coefficient (Wildman–Crippen LogP) is 3.64. The molecule has 1 aromatic carbocycles. The van der Waals surface area contributed by atoms with Crippen LogP contribution in [0, 0.1) is 6.92 Å². The van der Waals surface area contributed by atoms with Crippen LogP contribution in [0.4, 0.5) is 5.69 Å². The van der Waals surface area contributed by atoms with E-state index in [1.165, 1.54) is 0 Å². The molecule has 0 unspecified atom stereocenters. The lowest BCUT2D eigenvalue weighted by Gasteiger charge is -2.19. The first-order chi connectivity index (χ1) is 9.52. The van der Waals surface area contributed by atoms with E-state index in [0.717, 1.165) is 28.7 Å². The molecule has 0 saturated carbocycles. The molecule has 0 spiro atoms. The summed E-state index contributed by atoms with van der Waals surface area (Å²) >= 11 is 3.43. The summed E-state index contributed by atoms with van der Waals surface area (Å²) in [6.07, 6.45) is 4.43. The number of anilines is 1. The number of carbonyl (C=O) groups excluding carboxylic acids is 1. The third-order valence-electron chi connectivity index (χ3n) is 3.16. The number of aryl methyl sites for hydroxylation is 2. The summed E-state index contributed by atoms with van der Waals surface area (Å²) in [6.45, 7) is 4.90. The normalized spacial score (nSPS) is 10.6. The molecule has 2 rings (SSSR count). The zero-order valence-electron chi connectivity index (χ0n) is 11.9. The SMILES string of the molecule is CCCn1cc(C(=O)N(C)c2ccc(Br)cc2C)cn1. The Morgan fingerprint density at radius 3 is 2.85 bits per heavy atom. The van der Waals surface area contributed by atoms with E-state index < -0.39 is 0 Å². The number of amides is 1. The monoisotopic (exact) mass is 335 g/mol. The molecule has 0 radical (unpaired) electrons. The van der Waals surface area contributed by atoms with Gasteiger partial charge in [-0.2, -0.15) is 5.10 Å². The van der Waals surface area contributed by atoms with Crippen LogP contribution in [-0.4, -0.2) is 22.7 Å². The van der Waals surface area contributed by atoms with E-state index in [0.29, 0.717) is 5.56 Å². The zero-order valence-corrected chi connectivity index (χ0v) is 13.5. The number of rotatable bonds is 4. The number of nitrogens with zero attached hydrogens (tertiary/aromatic N) is 3. The van der Waals surface area contributed by atoms with Gasteiger partial charge in [-0.3, -0.25) is 9.48 Å². The van der Waals surface area contributed by atoms with E-state index in [4.69, 9.17) is 0 Å². The standard InChI is InChI=1S/C15H18BrN3O/c1-4-7-19-10-12(9-17-19)15(20)18(3)14-6-5-13(16)8-11(14)2/h5-6,8-10H,4,7H2,1-3H3. The lowest BCUT2D eigenvalue weighted by molar-refractivity contribution is 0.0992. The van der Waals surface area contributed by atoms with Crippen molar-refractivity contribution in [2.75, 3.05) is 11.9 Å². The molecule has 0 aliphatic carbocycles. The molecule has 0 aliphatic rings. The average molecular weight is 336 g/mol. The summed E-state index contributed by atoms with van der Waals surface area (Å²) in [5.41, 5.74) is 2.57. The van der Waals surface area contributed by atoms with Gasteiger partial charge in [0, 0.05) is 29.9 Å². The Morgan fingerprint density at radius 1 is 1.45 bits per heavy atom. The van der Waals surface area contributed by atoms with Crippen molar-refractivity contribution in [3.8, 4) is 0 Å². The Morgan fingerprint density at radius 2 is 2.20 bits per heavy atom. The van der Waals surface area contributed by atoms with Crippen molar-refractivity contribution in [3.63, 3.8) is 0 Å². The van der Waals surface area contributed by atoms with Crippen LogP contribution >= 0.6 is 15.9 Å². The van der Waals surface area contributed by atoms with Crippen molar-refractivity contribution in [2.45, 2.75) is 26.8 Å². The highest BCUT2D eigenvalue weighted by atomic mass is 79.9. The minimum Gasteiger partial charge on any atom is -0.311 e. The molecule has 20 heavy (non-hydrogen) atoms. The maximum Gasteiger partial charge on any atom is 0.261 e. The Labute approximate surface area is 127 Å². The van der Waals surface area contributed by atoms with Gasteiger partial charge in [0.25, 0.3) is 5.91 Å². The highest BCUT2D eigenvalue weighted by molar-refractivity contribution is 9.10.